The minimum absolute atomic E-state index is 0.0271. The molecule has 0 atom stereocenters. The van der Waals surface area contributed by atoms with Crippen LogP contribution in [0.3, 0.4) is 0 Å². The first-order chi connectivity index (χ1) is 8.78. The number of esters is 1. The van der Waals surface area contributed by atoms with Crippen LogP contribution in [0, 0.1) is 12.7 Å². The highest BCUT2D eigenvalue weighted by Crippen LogP contribution is 2.19. The van der Waals surface area contributed by atoms with Crippen LogP contribution in [-0.4, -0.2) is 38.9 Å². The Morgan fingerprint density at radius 2 is 2.05 bits per heavy atom. The highest BCUT2D eigenvalue weighted by molar-refractivity contribution is 7.89. The first-order valence-corrected chi connectivity index (χ1v) is 7.11. The number of ether oxygens (including phenoxy) is 1. The fourth-order valence-electron chi connectivity index (χ4n) is 1.54. The van der Waals surface area contributed by atoms with E-state index in [0.29, 0.717) is 0 Å². The van der Waals surface area contributed by atoms with Gasteiger partial charge in [-0.1, -0.05) is 0 Å². The fraction of sp³-hybridized carbons (Fsp3) is 0.417. The number of carbonyl (C=O) groups is 1. The van der Waals surface area contributed by atoms with Gasteiger partial charge in [0.15, 0.2) is 0 Å². The van der Waals surface area contributed by atoms with Crippen LogP contribution in [0.15, 0.2) is 23.1 Å². The van der Waals surface area contributed by atoms with Crippen LogP contribution in [0.5, 0.6) is 0 Å². The lowest BCUT2D eigenvalue weighted by molar-refractivity contribution is -0.143. The Labute approximate surface area is 112 Å². The molecule has 0 N–H and O–H groups in total. The lowest BCUT2D eigenvalue weighted by Crippen LogP contribution is -2.33. The van der Waals surface area contributed by atoms with Crippen molar-refractivity contribution in [2.45, 2.75) is 18.7 Å². The fourth-order valence-corrected chi connectivity index (χ4v) is 2.86. The number of benzene rings is 1. The molecule has 5 nitrogen and oxygen atoms in total. The number of hydrogen-bond donors (Lipinski definition) is 0. The van der Waals surface area contributed by atoms with Crippen molar-refractivity contribution in [1.29, 1.82) is 0 Å². The van der Waals surface area contributed by atoms with E-state index in [9.17, 15) is 17.6 Å². The summed E-state index contributed by atoms with van der Waals surface area (Å²) in [7, 11) is -2.56. The van der Waals surface area contributed by atoms with Gasteiger partial charge in [0.05, 0.1) is 11.5 Å². The van der Waals surface area contributed by atoms with Gasteiger partial charge in [-0.3, -0.25) is 4.79 Å². The molecule has 0 aliphatic heterocycles. The van der Waals surface area contributed by atoms with E-state index < -0.39 is 21.8 Å². The average molecular weight is 289 g/mol. The summed E-state index contributed by atoms with van der Waals surface area (Å²) in [5, 5.41) is 0. The largest absolute Gasteiger partial charge is 0.465 e. The van der Waals surface area contributed by atoms with Gasteiger partial charge in [-0.15, -0.1) is 0 Å². The number of hydrogen-bond acceptors (Lipinski definition) is 4. The Hall–Kier alpha value is -1.47. The average Bonchev–Trinajstić information content (AvgIpc) is 2.28. The van der Waals surface area contributed by atoms with Crippen LogP contribution in [-0.2, 0) is 19.6 Å². The van der Waals surface area contributed by atoms with Gasteiger partial charge in [-0.25, -0.2) is 12.8 Å². The number of aryl methyl sites for hydroxylation is 1. The van der Waals surface area contributed by atoms with Crippen LogP contribution in [0.1, 0.15) is 12.5 Å². The first kappa shape index (κ1) is 15.6. The molecule has 0 radical (unpaired) electrons. The standard InChI is InChI=1S/C12H16FNO4S/c1-4-18-12(15)8-14(3)19(16,17)11-6-5-10(13)7-9(11)2/h5-7H,4,8H2,1-3H3. The van der Waals surface area contributed by atoms with Gasteiger partial charge in [-0.2, -0.15) is 4.31 Å². The topological polar surface area (TPSA) is 63.7 Å². The Balaban J connectivity index is 3.00. The van der Waals surface area contributed by atoms with Crippen molar-refractivity contribution in [3.63, 3.8) is 0 Å². The summed E-state index contributed by atoms with van der Waals surface area (Å²) in [6.45, 7) is 2.93. The number of halogens is 1. The molecular formula is C12H16FNO4S. The maximum atomic E-state index is 13.0. The SMILES string of the molecule is CCOC(=O)CN(C)S(=O)(=O)c1ccc(F)cc1C. The molecule has 0 amide bonds. The molecule has 0 aliphatic rings. The van der Waals surface area contributed by atoms with Crippen LogP contribution in [0.25, 0.3) is 0 Å². The van der Waals surface area contributed by atoms with Crippen LogP contribution >= 0.6 is 0 Å². The second kappa shape index (κ2) is 6.12. The molecule has 19 heavy (non-hydrogen) atoms. The molecule has 1 aromatic rings. The molecule has 0 bridgehead atoms. The van der Waals surface area contributed by atoms with Crippen LogP contribution < -0.4 is 0 Å². The summed E-state index contributed by atoms with van der Waals surface area (Å²) >= 11 is 0. The van der Waals surface area contributed by atoms with Crippen molar-refractivity contribution in [3.8, 4) is 0 Å². The normalized spacial score (nSPS) is 11.6. The third-order valence-corrected chi connectivity index (χ3v) is 4.45. The summed E-state index contributed by atoms with van der Waals surface area (Å²) in [5.41, 5.74) is 0.288. The molecule has 7 heteroatoms. The third kappa shape index (κ3) is 3.74. The number of likely N-dealkylation sites (N-methyl/N-ethyl adjacent to an activating group) is 1. The Bertz CT molecular complexity index is 571. The molecule has 0 saturated heterocycles. The van der Waals surface area contributed by atoms with Gasteiger partial charge in [0.2, 0.25) is 10.0 Å². The molecule has 0 saturated carbocycles. The number of carbonyl (C=O) groups excluding carboxylic acids is 1. The molecule has 1 rings (SSSR count). The number of rotatable bonds is 5. The van der Waals surface area contributed by atoms with Gasteiger partial charge in [0, 0.05) is 7.05 Å². The van der Waals surface area contributed by atoms with E-state index in [4.69, 9.17) is 0 Å². The molecular weight excluding hydrogens is 273 g/mol. The Morgan fingerprint density at radius 3 is 2.58 bits per heavy atom. The zero-order valence-electron chi connectivity index (χ0n) is 11.0. The van der Waals surface area contributed by atoms with Crippen molar-refractivity contribution in [2.75, 3.05) is 20.2 Å². The van der Waals surface area contributed by atoms with E-state index in [1.807, 2.05) is 0 Å². The summed E-state index contributed by atoms with van der Waals surface area (Å²) in [6.07, 6.45) is 0. The van der Waals surface area contributed by atoms with Gasteiger partial charge in [0.25, 0.3) is 0 Å². The van der Waals surface area contributed by atoms with Crippen LogP contribution in [0.4, 0.5) is 4.39 Å². The van der Waals surface area contributed by atoms with Gasteiger partial charge in [-0.05, 0) is 37.6 Å². The molecule has 0 fully saturated rings. The molecule has 0 aliphatic carbocycles. The summed E-state index contributed by atoms with van der Waals surface area (Å²) in [4.78, 5) is 11.3. The van der Waals surface area contributed by atoms with Crippen LogP contribution in [0.2, 0.25) is 0 Å². The highest BCUT2D eigenvalue weighted by atomic mass is 32.2. The summed E-state index contributed by atoms with van der Waals surface area (Å²) in [5.74, 6) is -1.14. The molecule has 0 unspecified atom stereocenters. The van der Waals surface area contributed by atoms with Crippen molar-refractivity contribution in [3.05, 3.63) is 29.6 Å². The molecule has 106 valence electrons. The van der Waals surface area contributed by atoms with Crippen molar-refractivity contribution in [2.24, 2.45) is 0 Å². The molecule has 0 spiro atoms. The second-order valence-electron chi connectivity index (χ2n) is 3.98. The zero-order chi connectivity index (χ0) is 14.6. The van der Waals surface area contributed by atoms with Crippen molar-refractivity contribution < 1.29 is 22.3 Å². The first-order valence-electron chi connectivity index (χ1n) is 5.67. The van der Waals surface area contributed by atoms with E-state index in [2.05, 4.69) is 4.74 Å². The number of sulfonamides is 1. The number of nitrogens with zero attached hydrogens (tertiary/aromatic N) is 1. The smallest absolute Gasteiger partial charge is 0.321 e. The Morgan fingerprint density at radius 1 is 1.42 bits per heavy atom. The highest BCUT2D eigenvalue weighted by Gasteiger charge is 2.25. The third-order valence-electron chi connectivity index (χ3n) is 2.48. The summed E-state index contributed by atoms with van der Waals surface area (Å²) < 4.78 is 42.9. The maximum Gasteiger partial charge on any atom is 0.321 e. The minimum Gasteiger partial charge on any atom is -0.465 e. The zero-order valence-corrected chi connectivity index (χ0v) is 11.8. The lowest BCUT2D eigenvalue weighted by Gasteiger charge is -2.17. The lowest BCUT2D eigenvalue weighted by atomic mass is 10.2. The quantitative estimate of drug-likeness (QED) is 0.767. The predicted molar refractivity (Wildman–Crippen MR) is 67.6 cm³/mol. The van der Waals surface area contributed by atoms with E-state index in [1.165, 1.54) is 20.0 Å². The van der Waals surface area contributed by atoms with Gasteiger partial charge >= 0.3 is 5.97 Å². The minimum atomic E-state index is -3.83. The Kier molecular flexibility index (Phi) is 5.02. The molecule has 0 aromatic heterocycles. The van der Waals surface area contributed by atoms with Gasteiger partial charge < -0.3 is 4.74 Å². The van der Waals surface area contributed by atoms with Crippen molar-refractivity contribution >= 4 is 16.0 Å². The van der Waals surface area contributed by atoms with E-state index in [-0.39, 0.29) is 23.6 Å². The van der Waals surface area contributed by atoms with Crippen molar-refractivity contribution in [1.82, 2.24) is 4.31 Å². The van der Waals surface area contributed by atoms with Gasteiger partial charge in [0.1, 0.15) is 12.4 Å². The predicted octanol–water partition coefficient (Wildman–Crippen LogP) is 1.32. The summed E-state index contributed by atoms with van der Waals surface area (Å²) in [6, 6.07) is 3.38. The van der Waals surface area contributed by atoms with E-state index >= 15 is 0 Å². The molecule has 1 aromatic carbocycles. The maximum absolute atomic E-state index is 13.0. The second-order valence-corrected chi connectivity index (χ2v) is 5.99. The van der Waals surface area contributed by atoms with E-state index in [1.54, 1.807) is 6.92 Å². The molecule has 0 heterocycles. The monoisotopic (exact) mass is 289 g/mol. The van der Waals surface area contributed by atoms with E-state index in [0.717, 1.165) is 16.4 Å².